The molecular formula is C34H38F2N4O11. The number of furan rings is 1. The number of nitrogens with one attached hydrogen (secondary N) is 2. The molecule has 2 unspecified atom stereocenters. The molecule has 0 radical (unpaired) electrons. The first-order chi connectivity index (χ1) is 23.9. The van der Waals surface area contributed by atoms with E-state index in [1.807, 2.05) is 24.3 Å². The van der Waals surface area contributed by atoms with Gasteiger partial charge in [-0.15, -0.1) is 0 Å². The molecule has 17 heteroatoms. The molecule has 0 fully saturated rings. The Balaban J connectivity index is 0.000000645. The molecule has 274 valence electrons. The number of benzene rings is 2. The number of ketones is 1. The smallest absolute Gasteiger partial charge is 0.379 e. The molecule has 1 aliphatic heterocycles. The number of alkyl halides is 2. The highest BCUT2D eigenvalue weighted by atomic mass is 19.1. The van der Waals surface area contributed by atoms with Crippen molar-refractivity contribution in [3.8, 4) is 5.75 Å². The molecule has 0 spiro atoms. The van der Waals surface area contributed by atoms with Gasteiger partial charge in [0.05, 0.1) is 19.0 Å². The highest BCUT2D eigenvalue weighted by Gasteiger charge is 2.35. The van der Waals surface area contributed by atoms with Gasteiger partial charge >= 0.3 is 23.9 Å². The van der Waals surface area contributed by atoms with Crippen molar-refractivity contribution in [1.82, 2.24) is 10.2 Å². The van der Waals surface area contributed by atoms with Crippen LogP contribution in [0.5, 0.6) is 5.75 Å². The number of Topliss-reactive ketones (excluding diaryl/α,β-unsaturated/α-hetero) is 1. The Bertz CT molecular complexity index is 1710. The van der Waals surface area contributed by atoms with Crippen LogP contribution in [-0.2, 0) is 43.5 Å². The second kappa shape index (κ2) is 19.3. The molecule has 2 aromatic carbocycles. The Morgan fingerprint density at radius 3 is 2.00 bits per heavy atom. The van der Waals surface area contributed by atoms with Gasteiger partial charge in [-0.25, -0.2) is 23.2 Å². The third-order valence-electron chi connectivity index (χ3n) is 7.14. The normalized spacial score (nSPS) is 15.1. The predicted octanol–water partition coefficient (Wildman–Crippen LogP) is 3.12. The number of nitrogens with zero attached hydrogens (tertiary/aromatic N) is 1. The second-order valence-electron chi connectivity index (χ2n) is 11.2. The molecule has 4 atom stereocenters. The number of rotatable bonds is 12. The van der Waals surface area contributed by atoms with Crippen LogP contribution in [0.3, 0.4) is 0 Å². The lowest BCUT2D eigenvalue weighted by Crippen LogP contribution is -2.54. The number of amides is 1. The first kappa shape index (κ1) is 41.2. The van der Waals surface area contributed by atoms with Crippen LogP contribution in [0.4, 0.5) is 8.78 Å². The van der Waals surface area contributed by atoms with Crippen molar-refractivity contribution in [1.29, 1.82) is 5.41 Å². The molecule has 0 saturated carbocycles. The summed E-state index contributed by atoms with van der Waals surface area (Å²) in [5.41, 5.74) is 7.80. The van der Waals surface area contributed by atoms with Gasteiger partial charge in [-0.05, 0) is 74.7 Å². The summed E-state index contributed by atoms with van der Waals surface area (Å²) in [4.78, 5) is 69.2. The molecule has 0 bridgehead atoms. The summed E-state index contributed by atoms with van der Waals surface area (Å²) >= 11 is 0. The zero-order chi connectivity index (χ0) is 38.4. The van der Waals surface area contributed by atoms with E-state index in [1.165, 1.54) is 32.0 Å². The van der Waals surface area contributed by atoms with E-state index in [4.69, 9.17) is 30.5 Å². The largest absolute Gasteiger partial charge is 0.481 e. The van der Waals surface area contributed by atoms with Crippen LogP contribution in [0.2, 0.25) is 0 Å². The predicted molar refractivity (Wildman–Crippen MR) is 176 cm³/mol. The summed E-state index contributed by atoms with van der Waals surface area (Å²) in [6.45, 7) is 3.88. The third-order valence-corrected chi connectivity index (χ3v) is 7.14. The van der Waals surface area contributed by atoms with Crippen LogP contribution in [0.25, 0.3) is 0 Å². The van der Waals surface area contributed by atoms with Crippen LogP contribution in [0.1, 0.15) is 60.2 Å². The van der Waals surface area contributed by atoms with Gasteiger partial charge in [-0.1, -0.05) is 24.3 Å². The average Bonchev–Trinajstić information content (AvgIpc) is 3.53. The van der Waals surface area contributed by atoms with Gasteiger partial charge in [0.1, 0.15) is 23.4 Å². The minimum atomic E-state index is -1.73. The number of nitrogens with two attached hydrogens (primary N) is 1. The van der Waals surface area contributed by atoms with Gasteiger partial charge in [-0.2, -0.15) is 0 Å². The fourth-order valence-corrected chi connectivity index (χ4v) is 4.28. The zero-order valence-electron chi connectivity index (χ0n) is 27.8. The van der Waals surface area contributed by atoms with Crippen LogP contribution in [-0.4, -0.2) is 86.0 Å². The molecule has 15 nitrogen and oxygen atoms in total. The molecule has 7 N–H and O–H groups in total. The van der Waals surface area contributed by atoms with E-state index in [1.54, 1.807) is 23.1 Å². The summed E-state index contributed by atoms with van der Waals surface area (Å²) in [7, 11) is 0. The lowest BCUT2D eigenvalue weighted by atomic mass is 9.93. The van der Waals surface area contributed by atoms with E-state index in [0.29, 0.717) is 17.9 Å². The lowest BCUT2D eigenvalue weighted by molar-refractivity contribution is -0.147. The van der Waals surface area contributed by atoms with Crippen molar-refractivity contribution in [3.05, 3.63) is 88.9 Å². The number of hydrogen-bond donors (Lipinski definition) is 6. The topological polar surface area (TPSA) is 251 Å². The first-order valence-electron chi connectivity index (χ1n) is 15.2. The maximum Gasteiger partial charge on any atom is 0.379 e. The number of carbonyl (C=O) groups is 6. The number of amidine groups is 1. The standard InChI is InChI=1S/C27H26N4O8.C4H7FO.C3H5FO2/c28-24(29)15-5-7-18(8-6-15)39-27(37)22-10-9-19(38-22)14-31-13-17-4-2-1-3-16(17)11-21(31)25(34)30-20(26(35)36)12-23(32)33;1-3(5)4(2)6;1-2(4)3(5)6/h1-10,20-21H,11-14H2,(H3,28,29)(H,30,34)(H,32,33)(H,35,36);3H,1-2H3;2H,1H3,(H,5,6)/t20-,21-;;/m0../s1. The number of nitrogen functional groups attached to an aromatic ring is 1. The van der Waals surface area contributed by atoms with Crippen molar-refractivity contribution in [3.63, 3.8) is 0 Å². The number of halogens is 2. The number of carboxylic acids is 3. The monoisotopic (exact) mass is 716 g/mol. The summed E-state index contributed by atoms with van der Waals surface area (Å²) in [5.74, 6) is -5.55. The van der Waals surface area contributed by atoms with Crippen LogP contribution < -0.4 is 15.8 Å². The molecule has 3 aromatic rings. The summed E-state index contributed by atoms with van der Waals surface area (Å²) in [6.07, 6.45) is -3.51. The van der Waals surface area contributed by atoms with Gasteiger partial charge in [-0.3, -0.25) is 24.7 Å². The molecule has 4 rings (SSSR count). The van der Waals surface area contributed by atoms with E-state index >= 15 is 0 Å². The van der Waals surface area contributed by atoms with Gasteiger partial charge in [0, 0.05) is 12.1 Å². The Morgan fingerprint density at radius 1 is 0.941 bits per heavy atom. The summed E-state index contributed by atoms with van der Waals surface area (Å²) in [6, 6.07) is 14.2. The maximum atomic E-state index is 13.2. The minimum Gasteiger partial charge on any atom is -0.481 e. The Morgan fingerprint density at radius 2 is 1.51 bits per heavy atom. The Hall–Kier alpha value is -5.97. The fraction of sp³-hybridized carbons (Fsp3) is 0.324. The van der Waals surface area contributed by atoms with E-state index in [-0.39, 0.29) is 30.3 Å². The molecule has 2 heterocycles. The Labute approximate surface area is 290 Å². The van der Waals surface area contributed by atoms with Gasteiger partial charge < -0.3 is 35.5 Å². The van der Waals surface area contributed by atoms with E-state index in [0.717, 1.165) is 18.1 Å². The highest BCUT2D eigenvalue weighted by molar-refractivity contribution is 5.95. The lowest BCUT2D eigenvalue weighted by Gasteiger charge is -2.35. The summed E-state index contributed by atoms with van der Waals surface area (Å²) in [5, 5.41) is 35.8. The molecule has 1 aliphatic rings. The number of esters is 1. The molecule has 51 heavy (non-hydrogen) atoms. The zero-order valence-corrected chi connectivity index (χ0v) is 27.8. The van der Waals surface area contributed by atoms with Crippen LogP contribution >= 0.6 is 0 Å². The van der Waals surface area contributed by atoms with Crippen LogP contribution in [0, 0.1) is 5.41 Å². The van der Waals surface area contributed by atoms with E-state index in [9.17, 15) is 42.7 Å². The SMILES string of the molecule is CC(=O)C(C)F.CC(F)C(=O)O.N=C(N)c1ccc(OC(=O)c2ccc(CN3Cc4ccccc4C[C@H]3C(=O)N[C@@H](CC(=O)O)C(=O)O)o2)cc1. The quantitative estimate of drug-likeness (QED) is 0.0683. The van der Waals surface area contributed by atoms with Gasteiger partial charge in [0.15, 0.2) is 18.1 Å². The molecule has 1 amide bonds. The van der Waals surface area contributed by atoms with Crippen LogP contribution in [0.15, 0.2) is 65.1 Å². The van der Waals surface area contributed by atoms with E-state index < -0.39 is 66.4 Å². The van der Waals surface area contributed by atoms with E-state index in [2.05, 4.69) is 5.32 Å². The summed E-state index contributed by atoms with van der Waals surface area (Å²) < 4.78 is 33.7. The first-order valence-corrected chi connectivity index (χ1v) is 15.2. The number of aliphatic carboxylic acids is 3. The second-order valence-corrected chi connectivity index (χ2v) is 11.2. The van der Waals surface area contributed by atoms with Crippen molar-refractivity contribution in [2.24, 2.45) is 5.73 Å². The number of fused-ring (bicyclic) bond motifs is 1. The van der Waals surface area contributed by atoms with Crippen molar-refractivity contribution < 1.29 is 62.0 Å². The highest BCUT2D eigenvalue weighted by Crippen LogP contribution is 2.26. The number of carbonyl (C=O) groups excluding carboxylic acids is 3. The number of hydrogen-bond acceptors (Lipinski definition) is 10. The maximum absolute atomic E-state index is 13.2. The molecule has 1 aromatic heterocycles. The van der Waals surface area contributed by atoms with Crippen molar-refractivity contribution in [2.45, 2.75) is 71.1 Å². The van der Waals surface area contributed by atoms with Gasteiger partial charge in [0.25, 0.3) is 0 Å². The fourth-order valence-electron chi connectivity index (χ4n) is 4.28. The average molecular weight is 717 g/mol. The molecule has 0 saturated heterocycles. The Kier molecular flexibility index (Phi) is 15.6. The molecular weight excluding hydrogens is 678 g/mol. The number of carboxylic acid groups (broad SMARTS) is 3. The number of ether oxygens (including phenoxy) is 1. The minimum absolute atomic E-state index is 0.0635. The van der Waals surface area contributed by atoms with Gasteiger partial charge in [0.2, 0.25) is 11.7 Å². The van der Waals surface area contributed by atoms with Crippen molar-refractivity contribution >= 4 is 41.4 Å². The third kappa shape index (κ3) is 13.5. The molecule has 0 aliphatic carbocycles. The van der Waals surface area contributed by atoms with Crippen molar-refractivity contribution in [2.75, 3.05) is 0 Å².